The molecule has 0 unspecified atom stereocenters. The fraction of sp³-hybridized carbons (Fsp3) is 0.667. The summed E-state index contributed by atoms with van der Waals surface area (Å²) in [4.78, 5) is 8.73. The van der Waals surface area contributed by atoms with Crippen LogP contribution in [0.25, 0.3) is 0 Å². The Kier molecular flexibility index (Phi) is 3.27. The molecule has 88 valence electrons. The maximum atomic E-state index is 4.40. The van der Waals surface area contributed by atoms with E-state index in [1.165, 1.54) is 12.8 Å². The van der Waals surface area contributed by atoms with Crippen molar-refractivity contribution in [2.75, 3.05) is 17.2 Å². The van der Waals surface area contributed by atoms with Crippen molar-refractivity contribution in [1.29, 1.82) is 0 Å². The van der Waals surface area contributed by atoms with E-state index in [-0.39, 0.29) is 0 Å². The molecule has 0 bridgehead atoms. The van der Waals surface area contributed by atoms with Gasteiger partial charge < -0.3 is 10.6 Å². The minimum Gasteiger partial charge on any atom is -0.370 e. The molecule has 0 radical (unpaired) electrons. The number of aryl methyl sites for hydroxylation is 1. The third-order valence-electron chi connectivity index (χ3n) is 2.92. The molecule has 1 aliphatic carbocycles. The van der Waals surface area contributed by atoms with Crippen LogP contribution < -0.4 is 10.6 Å². The highest BCUT2D eigenvalue weighted by atomic mass is 15.1. The average Bonchev–Trinajstić information content (AvgIpc) is 2.15. The highest BCUT2D eigenvalue weighted by Crippen LogP contribution is 2.29. The van der Waals surface area contributed by atoms with Gasteiger partial charge >= 0.3 is 0 Å². The third kappa shape index (κ3) is 2.62. The fourth-order valence-corrected chi connectivity index (χ4v) is 2.14. The van der Waals surface area contributed by atoms with Crippen LogP contribution in [0.2, 0.25) is 0 Å². The molecule has 2 rings (SSSR count). The standard InChI is InChI=1S/C12H20N4/c1-4-13-11-7-12(15-9(3)14-11)16-10-5-8(2)6-10/h7-8,10H,4-6H2,1-3H3,(H2,13,14,15,16). The van der Waals surface area contributed by atoms with Crippen LogP contribution in [0.5, 0.6) is 0 Å². The second kappa shape index (κ2) is 4.68. The lowest BCUT2D eigenvalue weighted by Gasteiger charge is -2.33. The predicted molar refractivity (Wildman–Crippen MR) is 66.7 cm³/mol. The maximum Gasteiger partial charge on any atom is 0.132 e. The Balaban J connectivity index is 2.02. The van der Waals surface area contributed by atoms with E-state index in [0.717, 1.165) is 29.9 Å². The predicted octanol–water partition coefficient (Wildman–Crippen LogP) is 2.43. The fourth-order valence-electron chi connectivity index (χ4n) is 2.14. The Morgan fingerprint density at radius 1 is 1.31 bits per heavy atom. The van der Waals surface area contributed by atoms with Crippen molar-refractivity contribution < 1.29 is 0 Å². The highest BCUT2D eigenvalue weighted by Gasteiger charge is 2.25. The Morgan fingerprint density at radius 3 is 2.62 bits per heavy atom. The van der Waals surface area contributed by atoms with Gasteiger partial charge in [-0.3, -0.25) is 0 Å². The second-order valence-corrected chi connectivity index (χ2v) is 4.63. The molecule has 1 aliphatic rings. The van der Waals surface area contributed by atoms with Crippen LogP contribution in [0.15, 0.2) is 6.07 Å². The third-order valence-corrected chi connectivity index (χ3v) is 2.92. The summed E-state index contributed by atoms with van der Waals surface area (Å²) in [7, 11) is 0. The number of nitrogens with zero attached hydrogens (tertiary/aromatic N) is 2. The highest BCUT2D eigenvalue weighted by molar-refractivity contribution is 5.48. The zero-order valence-electron chi connectivity index (χ0n) is 10.2. The Hall–Kier alpha value is -1.32. The lowest BCUT2D eigenvalue weighted by Crippen LogP contribution is -2.34. The number of aromatic nitrogens is 2. The summed E-state index contributed by atoms with van der Waals surface area (Å²) in [6.07, 6.45) is 2.50. The first-order valence-electron chi connectivity index (χ1n) is 6.03. The van der Waals surface area contributed by atoms with E-state index in [2.05, 4.69) is 34.4 Å². The van der Waals surface area contributed by atoms with Crippen molar-refractivity contribution in [2.45, 2.75) is 39.7 Å². The Bertz CT molecular complexity index is 358. The lowest BCUT2D eigenvalue weighted by molar-refractivity contribution is 0.308. The van der Waals surface area contributed by atoms with Gasteiger partial charge in [0.05, 0.1) is 0 Å². The van der Waals surface area contributed by atoms with E-state index in [4.69, 9.17) is 0 Å². The van der Waals surface area contributed by atoms with Gasteiger partial charge in [-0.2, -0.15) is 0 Å². The normalized spacial score (nSPS) is 23.7. The van der Waals surface area contributed by atoms with Gasteiger partial charge in [0.1, 0.15) is 17.5 Å². The molecule has 1 heterocycles. The molecular weight excluding hydrogens is 200 g/mol. The van der Waals surface area contributed by atoms with E-state index in [9.17, 15) is 0 Å². The summed E-state index contributed by atoms with van der Waals surface area (Å²) in [5, 5.41) is 6.67. The number of nitrogens with one attached hydrogen (secondary N) is 2. The Labute approximate surface area is 96.9 Å². The van der Waals surface area contributed by atoms with Gasteiger partial charge in [0.15, 0.2) is 0 Å². The lowest BCUT2D eigenvalue weighted by atomic mass is 9.82. The molecule has 2 N–H and O–H groups in total. The molecule has 0 spiro atoms. The molecule has 1 aromatic heterocycles. The van der Waals surface area contributed by atoms with Gasteiger partial charge in [-0.1, -0.05) is 6.92 Å². The van der Waals surface area contributed by atoms with E-state index >= 15 is 0 Å². The maximum absolute atomic E-state index is 4.40. The Morgan fingerprint density at radius 2 is 2.00 bits per heavy atom. The van der Waals surface area contributed by atoms with Crippen LogP contribution in [0.3, 0.4) is 0 Å². The summed E-state index contributed by atoms with van der Waals surface area (Å²) in [6.45, 7) is 7.16. The van der Waals surface area contributed by atoms with Crippen molar-refractivity contribution in [3.63, 3.8) is 0 Å². The van der Waals surface area contributed by atoms with Crippen LogP contribution in [-0.4, -0.2) is 22.6 Å². The van der Waals surface area contributed by atoms with Gasteiger partial charge in [0, 0.05) is 18.7 Å². The molecule has 0 atom stereocenters. The van der Waals surface area contributed by atoms with Crippen LogP contribution in [0.4, 0.5) is 11.6 Å². The number of rotatable bonds is 4. The molecule has 4 nitrogen and oxygen atoms in total. The molecule has 1 saturated carbocycles. The van der Waals surface area contributed by atoms with E-state index in [1.54, 1.807) is 0 Å². The molecule has 16 heavy (non-hydrogen) atoms. The summed E-state index contributed by atoms with van der Waals surface area (Å²) >= 11 is 0. The second-order valence-electron chi connectivity index (χ2n) is 4.63. The molecule has 1 fully saturated rings. The van der Waals surface area contributed by atoms with Crippen molar-refractivity contribution in [1.82, 2.24) is 9.97 Å². The van der Waals surface area contributed by atoms with Crippen LogP contribution in [-0.2, 0) is 0 Å². The van der Waals surface area contributed by atoms with E-state index in [1.807, 2.05) is 13.0 Å². The molecule has 1 aromatic rings. The van der Waals surface area contributed by atoms with Crippen LogP contribution in [0, 0.1) is 12.8 Å². The monoisotopic (exact) mass is 220 g/mol. The first-order chi connectivity index (χ1) is 7.67. The SMILES string of the molecule is CCNc1cc(NC2CC(C)C2)nc(C)n1. The topological polar surface area (TPSA) is 49.8 Å². The van der Waals surface area contributed by atoms with Crippen molar-refractivity contribution in [3.8, 4) is 0 Å². The van der Waals surface area contributed by atoms with Gasteiger partial charge in [-0.15, -0.1) is 0 Å². The summed E-state index contributed by atoms with van der Waals surface area (Å²) in [6, 6.07) is 2.58. The van der Waals surface area contributed by atoms with Gasteiger partial charge in [0.25, 0.3) is 0 Å². The van der Waals surface area contributed by atoms with Crippen molar-refractivity contribution >= 4 is 11.6 Å². The molecule has 0 aromatic carbocycles. The first-order valence-corrected chi connectivity index (χ1v) is 6.03. The summed E-state index contributed by atoms with van der Waals surface area (Å²) in [5.41, 5.74) is 0. The molecular formula is C12H20N4. The smallest absolute Gasteiger partial charge is 0.132 e. The number of anilines is 2. The molecule has 0 aliphatic heterocycles. The first kappa shape index (κ1) is 11.2. The molecule has 0 amide bonds. The van der Waals surface area contributed by atoms with E-state index in [0.29, 0.717) is 6.04 Å². The minimum absolute atomic E-state index is 0.596. The van der Waals surface area contributed by atoms with Crippen LogP contribution in [0.1, 0.15) is 32.5 Å². The largest absolute Gasteiger partial charge is 0.370 e. The van der Waals surface area contributed by atoms with Gasteiger partial charge in [0.2, 0.25) is 0 Å². The van der Waals surface area contributed by atoms with Crippen molar-refractivity contribution in [2.24, 2.45) is 5.92 Å². The summed E-state index contributed by atoms with van der Waals surface area (Å²) in [5.74, 6) is 3.52. The van der Waals surface area contributed by atoms with Gasteiger partial charge in [-0.05, 0) is 32.6 Å². The van der Waals surface area contributed by atoms with Crippen molar-refractivity contribution in [3.05, 3.63) is 11.9 Å². The molecule has 0 saturated heterocycles. The minimum atomic E-state index is 0.596. The average molecular weight is 220 g/mol. The zero-order chi connectivity index (χ0) is 11.5. The quantitative estimate of drug-likeness (QED) is 0.818. The zero-order valence-corrected chi connectivity index (χ0v) is 10.2. The number of hydrogen-bond acceptors (Lipinski definition) is 4. The van der Waals surface area contributed by atoms with Crippen LogP contribution >= 0.6 is 0 Å². The molecule has 4 heteroatoms. The number of hydrogen-bond donors (Lipinski definition) is 2. The summed E-state index contributed by atoms with van der Waals surface area (Å²) < 4.78 is 0. The van der Waals surface area contributed by atoms with Gasteiger partial charge in [-0.25, -0.2) is 9.97 Å². The van der Waals surface area contributed by atoms with E-state index < -0.39 is 0 Å².